The first-order chi connectivity index (χ1) is 10.7. The Morgan fingerprint density at radius 1 is 1.14 bits per heavy atom. The summed E-state index contributed by atoms with van der Waals surface area (Å²) in [5.41, 5.74) is 2.27. The molecule has 0 atom stereocenters. The molecule has 0 N–H and O–H groups in total. The van der Waals surface area contributed by atoms with Crippen LogP contribution in [-0.2, 0) is 16.2 Å². The Labute approximate surface area is 138 Å². The van der Waals surface area contributed by atoms with Crippen molar-refractivity contribution < 1.29 is 9.63 Å². The number of hydrogen-bond acceptors (Lipinski definition) is 3. The third-order valence-electron chi connectivity index (χ3n) is 2.95. The molecule has 0 aliphatic rings. The van der Waals surface area contributed by atoms with E-state index >= 15 is 0 Å². The average Bonchev–Trinajstić information content (AvgIpc) is 2.54. The first-order valence-corrected chi connectivity index (χ1v) is 7.63. The molecule has 0 unspecified atom stereocenters. The van der Waals surface area contributed by atoms with Gasteiger partial charge in [-0.1, -0.05) is 69.6 Å². The van der Waals surface area contributed by atoms with Crippen LogP contribution in [0.3, 0.4) is 0 Å². The second-order valence-electron chi connectivity index (χ2n) is 4.65. The molecule has 0 aromatic heterocycles. The zero-order valence-electron chi connectivity index (χ0n) is 12.2. The molecule has 0 aliphatic heterocycles. The second kappa shape index (κ2) is 8.29. The zero-order chi connectivity index (χ0) is 15.8. The van der Waals surface area contributed by atoms with Gasteiger partial charge in [0.2, 0.25) is 5.78 Å². The Hall–Kier alpha value is -2.20. The highest BCUT2D eigenvalue weighted by Crippen LogP contribution is 2.17. The molecule has 2 aromatic carbocycles. The van der Waals surface area contributed by atoms with Crippen molar-refractivity contribution in [1.29, 1.82) is 0 Å². The molecule has 112 valence electrons. The Morgan fingerprint density at radius 3 is 2.55 bits per heavy atom. The van der Waals surface area contributed by atoms with E-state index in [1.807, 2.05) is 54.6 Å². The Morgan fingerprint density at radius 2 is 1.82 bits per heavy atom. The van der Waals surface area contributed by atoms with Crippen molar-refractivity contribution in [3.05, 3.63) is 76.3 Å². The minimum Gasteiger partial charge on any atom is -0.391 e. The molecule has 0 aliphatic carbocycles. The van der Waals surface area contributed by atoms with Crippen molar-refractivity contribution in [3.8, 4) is 0 Å². The quantitative estimate of drug-likeness (QED) is 0.429. The summed E-state index contributed by atoms with van der Waals surface area (Å²) in [4.78, 5) is 17.2. The van der Waals surface area contributed by atoms with Crippen LogP contribution in [0.4, 0.5) is 0 Å². The molecule has 2 rings (SSSR count). The third-order valence-corrected chi connectivity index (χ3v) is 3.67. The maximum Gasteiger partial charge on any atom is 0.203 e. The lowest BCUT2D eigenvalue weighted by Crippen LogP contribution is -2.07. The van der Waals surface area contributed by atoms with Crippen LogP contribution in [0.25, 0.3) is 6.08 Å². The minimum atomic E-state index is -0.177. The number of carbonyl (C=O) groups excluding carboxylic acids is 1. The molecule has 4 heteroatoms. The number of ketones is 1. The Bertz CT molecular complexity index is 693. The Balaban J connectivity index is 1.91. The van der Waals surface area contributed by atoms with Gasteiger partial charge >= 0.3 is 0 Å². The van der Waals surface area contributed by atoms with E-state index in [-0.39, 0.29) is 5.78 Å². The number of halogens is 1. The van der Waals surface area contributed by atoms with Gasteiger partial charge in [-0.15, -0.1) is 0 Å². The van der Waals surface area contributed by atoms with Gasteiger partial charge in [0.05, 0.1) is 0 Å². The van der Waals surface area contributed by atoms with Gasteiger partial charge in [-0.2, -0.15) is 0 Å². The monoisotopic (exact) mass is 357 g/mol. The molecule has 0 heterocycles. The first kappa shape index (κ1) is 16.2. The number of rotatable bonds is 6. The van der Waals surface area contributed by atoms with Crippen molar-refractivity contribution >= 4 is 33.5 Å². The van der Waals surface area contributed by atoms with Crippen molar-refractivity contribution in [2.75, 3.05) is 0 Å². The summed E-state index contributed by atoms with van der Waals surface area (Å²) >= 11 is 3.43. The molecule has 0 bridgehead atoms. The van der Waals surface area contributed by atoms with Gasteiger partial charge in [-0.05, 0) is 36.3 Å². The molecular weight excluding hydrogens is 342 g/mol. The highest BCUT2D eigenvalue weighted by molar-refractivity contribution is 9.10. The third kappa shape index (κ3) is 4.97. The maximum absolute atomic E-state index is 12.0. The number of hydrogen-bond donors (Lipinski definition) is 0. The fourth-order valence-corrected chi connectivity index (χ4v) is 2.14. The van der Waals surface area contributed by atoms with E-state index in [1.54, 1.807) is 13.0 Å². The van der Waals surface area contributed by atoms with E-state index in [0.29, 0.717) is 12.3 Å². The molecular formula is C18H16BrNO2. The van der Waals surface area contributed by atoms with Gasteiger partial charge in [0.25, 0.3) is 0 Å². The number of oxime groups is 1. The average molecular weight is 358 g/mol. The molecule has 0 saturated carbocycles. The summed E-state index contributed by atoms with van der Waals surface area (Å²) < 4.78 is 0.939. The van der Waals surface area contributed by atoms with Crippen LogP contribution >= 0.6 is 15.9 Å². The molecule has 0 fully saturated rings. The summed E-state index contributed by atoms with van der Waals surface area (Å²) in [6.45, 7) is 1.98. The van der Waals surface area contributed by atoms with Crippen LogP contribution in [0.5, 0.6) is 0 Å². The standard InChI is InChI=1S/C18H16BrNO2/c1-14(20-22-13-15-7-3-2-4-8-15)18(21)12-11-16-9-5-6-10-17(16)19/h2-12H,13H2,1H3/b12-11+,20-14+. The lowest BCUT2D eigenvalue weighted by atomic mass is 10.2. The van der Waals surface area contributed by atoms with Crippen LogP contribution in [0, 0.1) is 0 Å². The molecule has 2 aromatic rings. The number of nitrogens with zero attached hydrogens (tertiary/aromatic N) is 1. The smallest absolute Gasteiger partial charge is 0.203 e. The summed E-state index contributed by atoms with van der Waals surface area (Å²) in [6.07, 6.45) is 3.24. The van der Waals surface area contributed by atoms with E-state index in [1.165, 1.54) is 6.08 Å². The van der Waals surface area contributed by atoms with Crippen LogP contribution in [-0.4, -0.2) is 11.5 Å². The zero-order valence-corrected chi connectivity index (χ0v) is 13.8. The lowest BCUT2D eigenvalue weighted by Gasteiger charge is -2.00. The van der Waals surface area contributed by atoms with Gasteiger partial charge in [0.15, 0.2) is 0 Å². The van der Waals surface area contributed by atoms with Gasteiger partial charge in [-0.3, -0.25) is 4.79 Å². The fraction of sp³-hybridized carbons (Fsp3) is 0.111. The van der Waals surface area contributed by atoms with Gasteiger partial charge in [-0.25, -0.2) is 0 Å². The van der Waals surface area contributed by atoms with Crippen LogP contribution in [0.15, 0.2) is 70.3 Å². The summed E-state index contributed by atoms with van der Waals surface area (Å²) in [5.74, 6) is -0.177. The number of benzene rings is 2. The minimum absolute atomic E-state index is 0.177. The number of allylic oxidation sites excluding steroid dienone is 1. The summed E-state index contributed by atoms with van der Waals surface area (Å²) in [7, 11) is 0. The SMILES string of the molecule is C/C(=N\OCc1ccccc1)C(=O)/C=C/c1ccccc1Br. The first-order valence-electron chi connectivity index (χ1n) is 6.84. The van der Waals surface area contributed by atoms with Crippen molar-refractivity contribution in [2.45, 2.75) is 13.5 Å². The van der Waals surface area contributed by atoms with Gasteiger partial charge in [0, 0.05) is 4.47 Å². The van der Waals surface area contributed by atoms with E-state index in [4.69, 9.17) is 4.84 Å². The Kier molecular flexibility index (Phi) is 6.10. The number of carbonyl (C=O) groups is 1. The van der Waals surface area contributed by atoms with Crippen molar-refractivity contribution in [1.82, 2.24) is 0 Å². The van der Waals surface area contributed by atoms with E-state index in [0.717, 1.165) is 15.6 Å². The molecule has 22 heavy (non-hydrogen) atoms. The molecule has 0 radical (unpaired) electrons. The van der Waals surface area contributed by atoms with Crippen LogP contribution < -0.4 is 0 Å². The van der Waals surface area contributed by atoms with E-state index in [2.05, 4.69) is 21.1 Å². The van der Waals surface area contributed by atoms with Crippen LogP contribution in [0.1, 0.15) is 18.1 Å². The second-order valence-corrected chi connectivity index (χ2v) is 5.51. The van der Waals surface area contributed by atoms with E-state index < -0.39 is 0 Å². The normalized spacial score (nSPS) is 11.6. The maximum atomic E-state index is 12.0. The van der Waals surface area contributed by atoms with Gasteiger partial charge in [0.1, 0.15) is 12.3 Å². The van der Waals surface area contributed by atoms with Crippen molar-refractivity contribution in [3.63, 3.8) is 0 Å². The predicted molar refractivity (Wildman–Crippen MR) is 92.5 cm³/mol. The largest absolute Gasteiger partial charge is 0.391 e. The fourth-order valence-electron chi connectivity index (χ4n) is 1.72. The van der Waals surface area contributed by atoms with Crippen LogP contribution in [0.2, 0.25) is 0 Å². The molecule has 0 saturated heterocycles. The van der Waals surface area contributed by atoms with Gasteiger partial charge < -0.3 is 4.84 Å². The highest BCUT2D eigenvalue weighted by Gasteiger charge is 2.03. The molecule has 0 amide bonds. The lowest BCUT2D eigenvalue weighted by molar-refractivity contribution is -0.109. The molecule has 0 spiro atoms. The summed E-state index contributed by atoms with van der Waals surface area (Å²) in [6, 6.07) is 17.4. The topological polar surface area (TPSA) is 38.7 Å². The molecule has 3 nitrogen and oxygen atoms in total. The predicted octanol–water partition coefficient (Wildman–Crippen LogP) is 4.62. The van der Waals surface area contributed by atoms with Crippen molar-refractivity contribution in [2.24, 2.45) is 5.16 Å². The van der Waals surface area contributed by atoms with E-state index in [9.17, 15) is 4.79 Å². The summed E-state index contributed by atoms with van der Waals surface area (Å²) in [5, 5.41) is 3.86. The highest BCUT2D eigenvalue weighted by atomic mass is 79.9.